The molecule has 2 rings (SSSR count). The minimum atomic E-state index is 0.100. The highest BCUT2D eigenvalue weighted by molar-refractivity contribution is 9.10. The molecule has 1 atom stereocenters. The van der Waals surface area contributed by atoms with Crippen LogP contribution in [-0.4, -0.2) is 13.7 Å². The van der Waals surface area contributed by atoms with Crippen molar-refractivity contribution in [1.82, 2.24) is 0 Å². The molecule has 0 radical (unpaired) electrons. The molecule has 2 aromatic rings. The first-order chi connectivity index (χ1) is 9.20. The molecule has 19 heavy (non-hydrogen) atoms. The van der Waals surface area contributed by atoms with E-state index in [-0.39, 0.29) is 6.04 Å². The van der Waals surface area contributed by atoms with Crippen molar-refractivity contribution >= 4 is 33.2 Å². The highest BCUT2D eigenvalue weighted by atomic mass is 79.9. The molecule has 1 N–H and O–H groups in total. The van der Waals surface area contributed by atoms with E-state index in [4.69, 9.17) is 16.3 Å². The smallest absolute Gasteiger partial charge is 0.0747 e. The fraction of sp³-hybridized carbons (Fsp3) is 0.200. The van der Waals surface area contributed by atoms with Crippen LogP contribution in [0.25, 0.3) is 0 Å². The number of nitrogens with one attached hydrogen (secondary N) is 1. The van der Waals surface area contributed by atoms with Gasteiger partial charge in [-0.15, -0.1) is 0 Å². The summed E-state index contributed by atoms with van der Waals surface area (Å²) < 4.78 is 6.17. The Kier molecular flexibility index (Phi) is 5.25. The van der Waals surface area contributed by atoms with Gasteiger partial charge in [-0.1, -0.05) is 41.9 Å². The Bertz CT molecular complexity index is 533. The second-order valence-electron chi connectivity index (χ2n) is 4.19. The summed E-state index contributed by atoms with van der Waals surface area (Å²) in [4.78, 5) is 0. The molecular weight excluding hydrogens is 326 g/mol. The van der Waals surface area contributed by atoms with E-state index >= 15 is 0 Å². The van der Waals surface area contributed by atoms with Gasteiger partial charge < -0.3 is 10.1 Å². The van der Waals surface area contributed by atoms with Crippen molar-refractivity contribution in [3.63, 3.8) is 0 Å². The van der Waals surface area contributed by atoms with Crippen molar-refractivity contribution < 1.29 is 4.74 Å². The summed E-state index contributed by atoms with van der Waals surface area (Å²) in [7, 11) is 1.70. The Morgan fingerprint density at radius 3 is 2.58 bits per heavy atom. The SMILES string of the molecule is COCC(Nc1ccc(Br)c(Cl)c1)c1ccccc1. The topological polar surface area (TPSA) is 21.3 Å². The number of hydrogen-bond donors (Lipinski definition) is 1. The molecule has 0 heterocycles. The average Bonchev–Trinajstić information content (AvgIpc) is 2.43. The largest absolute Gasteiger partial charge is 0.382 e. The van der Waals surface area contributed by atoms with Gasteiger partial charge >= 0.3 is 0 Å². The van der Waals surface area contributed by atoms with Crippen LogP contribution in [0, 0.1) is 0 Å². The fourth-order valence-corrected chi connectivity index (χ4v) is 2.29. The van der Waals surface area contributed by atoms with E-state index in [1.807, 2.05) is 36.4 Å². The van der Waals surface area contributed by atoms with Crippen molar-refractivity contribution in [2.75, 3.05) is 19.0 Å². The summed E-state index contributed by atoms with van der Waals surface area (Å²) in [6.07, 6.45) is 0. The number of halogens is 2. The quantitative estimate of drug-likeness (QED) is 0.835. The van der Waals surface area contributed by atoms with Gasteiger partial charge in [-0.2, -0.15) is 0 Å². The maximum Gasteiger partial charge on any atom is 0.0747 e. The molecule has 0 aliphatic rings. The van der Waals surface area contributed by atoms with Gasteiger partial charge in [0.1, 0.15) is 0 Å². The minimum absolute atomic E-state index is 0.100. The standard InChI is InChI=1S/C15H15BrClNO/c1-19-10-15(11-5-3-2-4-6-11)18-12-7-8-13(16)14(17)9-12/h2-9,15,18H,10H2,1H3. The van der Waals surface area contributed by atoms with Crippen LogP contribution in [0.3, 0.4) is 0 Å². The third-order valence-corrected chi connectivity index (χ3v) is 4.03. The highest BCUT2D eigenvalue weighted by Gasteiger charge is 2.11. The Morgan fingerprint density at radius 1 is 1.21 bits per heavy atom. The van der Waals surface area contributed by atoms with Crippen molar-refractivity contribution in [3.05, 3.63) is 63.6 Å². The zero-order valence-corrected chi connectivity index (χ0v) is 12.9. The van der Waals surface area contributed by atoms with Crippen LogP contribution in [0.15, 0.2) is 53.0 Å². The lowest BCUT2D eigenvalue weighted by Gasteiger charge is -2.20. The van der Waals surface area contributed by atoms with E-state index in [0.29, 0.717) is 11.6 Å². The molecule has 0 spiro atoms. The van der Waals surface area contributed by atoms with Gasteiger partial charge in [0.2, 0.25) is 0 Å². The Morgan fingerprint density at radius 2 is 1.95 bits per heavy atom. The van der Waals surface area contributed by atoms with Crippen LogP contribution in [0.5, 0.6) is 0 Å². The van der Waals surface area contributed by atoms with Crippen molar-refractivity contribution in [1.29, 1.82) is 0 Å². The van der Waals surface area contributed by atoms with E-state index in [1.165, 1.54) is 5.56 Å². The first-order valence-electron chi connectivity index (χ1n) is 5.96. The Balaban J connectivity index is 2.19. The van der Waals surface area contributed by atoms with Crippen LogP contribution < -0.4 is 5.32 Å². The zero-order valence-electron chi connectivity index (χ0n) is 10.6. The first-order valence-corrected chi connectivity index (χ1v) is 7.13. The average molecular weight is 341 g/mol. The second-order valence-corrected chi connectivity index (χ2v) is 5.45. The lowest BCUT2D eigenvalue weighted by molar-refractivity contribution is 0.186. The van der Waals surface area contributed by atoms with Crippen LogP contribution in [0.4, 0.5) is 5.69 Å². The van der Waals surface area contributed by atoms with Gasteiger partial charge in [0, 0.05) is 17.3 Å². The number of anilines is 1. The molecule has 0 fully saturated rings. The van der Waals surface area contributed by atoms with Gasteiger partial charge in [-0.25, -0.2) is 0 Å². The van der Waals surface area contributed by atoms with Crippen LogP contribution in [0.2, 0.25) is 5.02 Å². The molecule has 0 saturated carbocycles. The van der Waals surface area contributed by atoms with Gasteiger partial charge in [-0.3, -0.25) is 0 Å². The van der Waals surface area contributed by atoms with Crippen molar-refractivity contribution in [2.45, 2.75) is 6.04 Å². The lowest BCUT2D eigenvalue weighted by Crippen LogP contribution is -2.16. The molecule has 0 saturated heterocycles. The van der Waals surface area contributed by atoms with Gasteiger partial charge in [0.25, 0.3) is 0 Å². The van der Waals surface area contributed by atoms with Gasteiger partial charge in [0.15, 0.2) is 0 Å². The predicted molar refractivity (Wildman–Crippen MR) is 83.8 cm³/mol. The minimum Gasteiger partial charge on any atom is -0.382 e. The molecule has 2 nitrogen and oxygen atoms in total. The summed E-state index contributed by atoms with van der Waals surface area (Å²) in [5.74, 6) is 0. The summed E-state index contributed by atoms with van der Waals surface area (Å²) >= 11 is 9.49. The molecule has 0 aliphatic carbocycles. The van der Waals surface area contributed by atoms with E-state index < -0.39 is 0 Å². The molecule has 100 valence electrons. The monoisotopic (exact) mass is 339 g/mol. The lowest BCUT2D eigenvalue weighted by atomic mass is 10.1. The van der Waals surface area contributed by atoms with E-state index in [1.54, 1.807) is 7.11 Å². The molecule has 0 bridgehead atoms. The molecule has 4 heteroatoms. The fourth-order valence-electron chi connectivity index (χ4n) is 1.86. The van der Waals surface area contributed by atoms with E-state index in [2.05, 4.69) is 33.4 Å². The molecule has 2 aromatic carbocycles. The highest BCUT2D eigenvalue weighted by Crippen LogP contribution is 2.27. The molecule has 1 unspecified atom stereocenters. The molecule has 0 aromatic heterocycles. The summed E-state index contributed by atoms with van der Waals surface area (Å²) in [5.41, 5.74) is 2.16. The number of hydrogen-bond acceptors (Lipinski definition) is 2. The Labute approximate surface area is 126 Å². The Hall–Kier alpha value is -1.03. The van der Waals surface area contributed by atoms with Crippen molar-refractivity contribution in [2.24, 2.45) is 0 Å². The van der Waals surface area contributed by atoms with E-state index in [0.717, 1.165) is 10.2 Å². The molecular formula is C15H15BrClNO. The number of ether oxygens (including phenoxy) is 1. The summed E-state index contributed by atoms with van der Waals surface area (Å²) in [6, 6.07) is 16.1. The predicted octanol–water partition coefficient (Wildman–Crippen LogP) is 4.90. The summed E-state index contributed by atoms with van der Waals surface area (Å²) in [6.45, 7) is 0.595. The van der Waals surface area contributed by atoms with Gasteiger partial charge in [0.05, 0.1) is 17.7 Å². The number of rotatable bonds is 5. The zero-order chi connectivity index (χ0) is 13.7. The third kappa shape index (κ3) is 3.96. The summed E-state index contributed by atoms with van der Waals surface area (Å²) in [5, 5.41) is 4.12. The van der Waals surface area contributed by atoms with Crippen LogP contribution in [-0.2, 0) is 4.74 Å². The maximum atomic E-state index is 6.10. The third-order valence-electron chi connectivity index (χ3n) is 2.80. The molecule has 0 amide bonds. The van der Waals surface area contributed by atoms with Crippen LogP contribution >= 0.6 is 27.5 Å². The van der Waals surface area contributed by atoms with Crippen molar-refractivity contribution in [3.8, 4) is 0 Å². The van der Waals surface area contributed by atoms with Crippen LogP contribution in [0.1, 0.15) is 11.6 Å². The maximum absolute atomic E-state index is 6.10. The van der Waals surface area contributed by atoms with E-state index in [9.17, 15) is 0 Å². The number of methoxy groups -OCH3 is 1. The van der Waals surface area contributed by atoms with Gasteiger partial charge in [-0.05, 0) is 39.7 Å². The normalized spacial score (nSPS) is 12.2. The second kappa shape index (κ2) is 6.94. The number of benzene rings is 2. The molecule has 0 aliphatic heterocycles. The first kappa shape index (κ1) is 14.4.